The Kier molecular flexibility index (Phi) is 6.70. The molecule has 0 radical (unpaired) electrons. The fourth-order valence-electron chi connectivity index (χ4n) is 3.08. The van der Waals surface area contributed by atoms with Crippen molar-refractivity contribution < 1.29 is 24.2 Å². The van der Waals surface area contributed by atoms with E-state index in [1.807, 2.05) is 0 Å². The molecular weight excluding hydrogens is 390 g/mol. The molecule has 1 saturated heterocycles. The molecule has 1 aliphatic heterocycles. The lowest BCUT2D eigenvalue weighted by Crippen LogP contribution is -2.55. The third-order valence-electron chi connectivity index (χ3n) is 4.74. The molecule has 2 unspecified atom stereocenters. The van der Waals surface area contributed by atoms with E-state index in [0.717, 1.165) is 0 Å². The molecule has 1 aliphatic rings. The van der Waals surface area contributed by atoms with E-state index in [9.17, 15) is 19.5 Å². The van der Waals surface area contributed by atoms with Crippen LogP contribution in [-0.4, -0.2) is 82.5 Å². The standard InChI is InChI=1S/C20H23N5O5/c1-24(2)17(27)10-25-16(11-26)19(30-12-18(25)28)13-3-5-14(6-4-13)23-20(29)15-9-21-7-8-22-15/h3-9,16,19,26H,10-12H2,1-2H3,(H,23,29). The van der Waals surface area contributed by atoms with Gasteiger partial charge in [-0.2, -0.15) is 0 Å². The van der Waals surface area contributed by atoms with E-state index in [1.54, 1.807) is 38.4 Å². The van der Waals surface area contributed by atoms with Crippen molar-refractivity contribution in [2.45, 2.75) is 12.1 Å². The van der Waals surface area contributed by atoms with Crippen molar-refractivity contribution >= 4 is 23.4 Å². The molecule has 2 atom stereocenters. The van der Waals surface area contributed by atoms with Crippen LogP contribution in [0.1, 0.15) is 22.2 Å². The lowest BCUT2D eigenvalue weighted by molar-refractivity contribution is -0.164. The summed E-state index contributed by atoms with van der Waals surface area (Å²) in [5, 5.41) is 12.6. The van der Waals surface area contributed by atoms with Crippen LogP contribution in [0.5, 0.6) is 0 Å². The first-order valence-electron chi connectivity index (χ1n) is 9.30. The minimum atomic E-state index is -0.699. The highest BCUT2D eigenvalue weighted by molar-refractivity contribution is 6.02. The molecule has 1 aromatic heterocycles. The number of aliphatic hydroxyl groups is 1. The number of nitrogens with one attached hydrogen (secondary N) is 1. The second kappa shape index (κ2) is 9.42. The molecule has 0 bridgehead atoms. The molecule has 2 N–H and O–H groups in total. The fraction of sp³-hybridized carbons (Fsp3) is 0.350. The van der Waals surface area contributed by atoms with Crippen molar-refractivity contribution in [3.63, 3.8) is 0 Å². The van der Waals surface area contributed by atoms with Crippen LogP contribution in [0.4, 0.5) is 5.69 Å². The zero-order valence-electron chi connectivity index (χ0n) is 16.7. The molecule has 0 spiro atoms. The molecule has 10 nitrogen and oxygen atoms in total. The van der Waals surface area contributed by atoms with Crippen molar-refractivity contribution in [2.75, 3.05) is 39.2 Å². The van der Waals surface area contributed by atoms with Gasteiger partial charge in [-0.1, -0.05) is 12.1 Å². The van der Waals surface area contributed by atoms with E-state index >= 15 is 0 Å². The summed E-state index contributed by atoms with van der Waals surface area (Å²) in [6.07, 6.45) is 3.67. The van der Waals surface area contributed by atoms with Gasteiger partial charge in [0, 0.05) is 32.2 Å². The maximum atomic E-state index is 12.3. The van der Waals surface area contributed by atoms with Gasteiger partial charge in [0.1, 0.15) is 24.9 Å². The summed E-state index contributed by atoms with van der Waals surface area (Å²) in [5.41, 5.74) is 1.44. The van der Waals surface area contributed by atoms with Gasteiger partial charge < -0.3 is 25.0 Å². The fourth-order valence-corrected chi connectivity index (χ4v) is 3.08. The van der Waals surface area contributed by atoms with Gasteiger partial charge in [-0.3, -0.25) is 19.4 Å². The van der Waals surface area contributed by atoms with Crippen molar-refractivity contribution in [2.24, 2.45) is 0 Å². The van der Waals surface area contributed by atoms with Crippen LogP contribution in [-0.2, 0) is 14.3 Å². The van der Waals surface area contributed by atoms with Gasteiger partial charge in [0.2, 0.25) is 11.8 Å². The molecular formula is C20H23N5O5. The number of benzene rings is 1. The van der Waals surface area contributed by atoms with Crippen LogP contribution in [0.3, 0.4) is 0 Å². The third-order valence-corrected chi connectivity index (χ3v) is 4.74. The largest absolute Gasteiger partial charge is 0.394 e. The predicted octanol–water partition coefficient (Wildman–Crippen LogP) is 0.0779. The molecule has 1 aromatic carbocycles. The summed E-state index contributed by atoms with van der Waals surface area (Å²) in [7, 11) is 3.21. The maximum absolute atomic E-state index is 12.3. The zero-order valence-corrected chi connectivity index (χ0v) is 16.7. The van der Waals surface area contributed by atoms with Crippen LogP contribution in [0.25, 0.3) is 0 Å². The predicted molar refractivity (Wildman–Crippen MR) is 106 cm³/mol. The first-order valence-corrected chi connectivity index (χ1v) is 9.30. The van der Waals surface area contributed by atoms with Crippen molar-refractivity contribution in [3.8, 4) is 0 Å². The van der Waals surface area contributed by atoms with Crippen LogP contribution >= 0.6 is 0 Å². The number of amides is 3. The number of aromatic nitrogens is 2. The highest BCUT2D eigenvalue weighted by atomic mass is 16.5. The van der Waals surface area contributed by atoms with Gasteiger partial charge in [0.25, 0.3) is 5.91 Å². The Morgan fingerprint density at radius 1 is 1.27 bits per heavy atom. The highest BCUT2D eigenvalue weighted by Crippen LogP contribution is 2.30. The topological polar surface area (TPSA) is 125 Å². The minimum absolute atomic E-state index is 0.136. The Morgan fingerprint density at radius 2 is 2.00 bits per heavy atom. The maximum Gasteiger partial charge on any atom is 0.275 e. The first kappa shape index (κ1) is 21.3. The molecule has 158 valence electrons. The smallest absolute Gasteiger partial charge is 0.275 e. The molecule has 3 rings (SSSR count). The normalized spacial score (nSPS) is 18.8. The quantitative estimate of drug-likeness (QED) is 0.687. The van der Waals surface area contributed by atoms with Gasteiger partial charge >= 0.3 is 0 Å². The molecule has 2 heterocycles. The Bertz CT molecular complexity index is 904. The number of hydrogen-bond donors (Lipinski definition) is 2. The lowest BCUT2D eigenvalue weighted by Gasteiger charge is -2.40. The van der Waals surface area contributed by atoms with E-state index in [1.165, 1.54) is 28.4 Å². The summed E-state index contributed by atoms with van der Waals surface area (Å²) in [5.74, 6) is -0.991. The number of anilines is 1. The van der Waals surface area contributed by atoms with Gasteiger partial charge in [0.05, 0.1) is 18.8 Å². The molecule has 3 amide bonds. The Labute approximate surface area is 173 Å². The van der Waals surface area contributed by atoms with Crippen molar-refractivity contribution in [1.29, 1.82) is 0 Å². The zero-order chi connectivity index (χ0) is 21.7. The number of morpholine rings is 1. The van der Waals surface area contributed by atoms with Gasteiger partial charge in [-0.15, -0.1) is 0 Å². The summed E-state index contributed by atoms with van der Waals surface area (Å²) >= 11 is 0. The number of rotatable bonds is 6. The number of carbonyl (C=O) groups excluding carboxylic acids is 3. The first-order chi connectivity index (χ1) is 14.4. The number of aliphatic hydroxyl groups excluding tert-OH is 1. The summed E-state index contributed by atoms with van der Waals surface area (Å²) in [6, 6.07) is 6.15. The Morgan fingerprint density at radius 3 is 2.60 bits per heavy atom. The van der Waals surface area contributed by atoms with E-state index in [-0.39, 0.29) is 37.3 Å². The monoisotopic (exact) mass is 413 g/mol. The summed E-state index contributed by atoms with van der Waals surface area (Å²) < 4.78 is 5.66. The molecule has 0 aliphatic carbocycles. The Hall–Kier alpha value is -3.37. The van der Waals surface area contributed by atoms with E-state index in [0.29, 0.717) is 11.3 Å². The lowest BCUT2D eigenvalue weighted by atomic mass is 9.99. The SMILES string of the molecule is CN(C)C(=O)CN1C(=O)COC(c2ccc(NC(=O)c3cnccn3)cc2)C1CO. The molecule has 30 heavy (non-hydrogen) atoms. The molecule has 0 saturated carbocycles. The van der Waals surface area contributed by atoms with Crippen LogP contribution in [0.15, 0.2) is 42.9 Å². The summed E-state index contributed by atoms with van der Waals surface area (Å²) in [4.78, 5) is 47.1. The van der Waals surface area contributed by atoms with Gasteiger partial charge in [0.15, 0.2) is 0 Å². The average Bonchev–Trinajstić information content (AvgIpc) is 2.76. The highest BCUT2D eigenvalue weighted by Gasteiger charge is 2.38. The van der Waals surface area contributed by atoms with Gasteiger partial charge in [-0.05, 0) is 17.7 Å². The van der Waals surface area contributed by atoms with E-state index in [2.05, 4.69) is 15.3 Å². The second-order valence-electron chi connectivity index (χ2n) is 6.96. The van der Waals surface area contributed by atoms with E-state index < -0.39 is 18.1 Å². The summed E-state index contributed by atoms with van der Waals surface area (Å²) in [6.45, 7) is -0.682. The molecule has 10 heteroatoms. The molecule has 2 aromatic rings. The number of likely N-dealkylation sites (N-methyl/N-ethyl adjacent to an activating group) is 1. The second-order valence-corrected chi connectivity index (χ2v) is 6.96. The molecule has 1 fully saturated rings. The van der Waals surface area contributed by atoms with Crippen LogP contribution in [0.2, 0.25) is 0 Å². The number of carbonyl (C=O) groups is 3. The Balaban J connectivity index is 1.73. The van der Waals surface area contributed by atoms with Crippen LogP contribution < -0.4 is 5.32 Å². The number of hydrogen-bond acceptors (Lipinski definition) is 7. The minimum Gasteiger partial charge on any atom is -0.394 e. The third kappa shape index (κ3) is 4.78. The number of nitrogens with zero attached hydrogens (tertiary/aromatic N) is 4. The van der Waals surface area contributed by atoms with Crippen molar-refractivity contribution in [3.05, 3.63) is 54.1 Å². The number of ether oxygens (including phenoxy) is 1. The van der Waals surface area contributed by atoms with Gasteiger partial charge in [-0.25, -0.2) is 4.98 Å². The average molecular weight is 413 g/mol. The van der Waals surface area contributed by atoms with Crippen molar-refractivity contribution in [1.82, 2.24) is 19.8 Å². The van der Waals surface area contributed by atoms with Crippen LogP contribution in [0, 0.1) is 0 Å². The van der Waals surface area contributed by atoms with E-state index in [4.69, 9.17) is 4.74 Å².